The number of pyridine rings is 1. The molecule has 0 N–H and O–H groups in total. The average molecular weight is 351 g/mol. The average Bonchev–Trinajstić information content (AvgIpc) is 2.62. The fourth-order valence-corrected chi connectivity index (χ4v) is 4.35. The number of likely N-dealkylation sites (tertiary alicyclic amines) is 1. The van der Waals surface area contributed by atoms with Gasteiger partial charge in [0.15, 0.2) is 0 Å². The Kier molecular flexibility index (Phi) is 4.10. The number of benzene rings is 1. The summed E-state index contributed by atoms with van der Waals surface area (Å²) in [6.07, 6.45) is 1.06. The molecule has 0 radical (unpaired) electrons. The van der Waals surface area contributed by atoms with Crippen LogP contribution in [-0.2, 0) is 11.3 Å². The number of anilines is 1. The fourth-order valence-electron chi connectivity index (χ4n) is 4.35. The summed E-state index contributed by atoms with van der Waals surface area (Å²) in [6, 6.07) is 12.2. The minimum absolute atomic E-state index is 0.0683. The normalized spacial score (nSPS) is 21.3. The van der Waals surface area contributed by atoms with Crippen molar-refractivity contribution < 1.29 is 4.79 Å². The van der Waals surface area contributed by atoms with Crippen molar-refractivity contribution in [1.29, 1.82) is 0 Å². The van der Waals surface area contributed by atoms with E-state index in [9.17, 15) is 9.59 Å². The molecule has 2 aromatic rings. The van der Waals surface area contributed by atoms with Crippen LogP contribution in [-0.4, -0.2) is 42.6 Å². The van der Waals surface area contributed by atoms with Crippen molar-refractivity contribution in [2.45, 2.75) is 25.8 Å². The SMILES string of the molecule is CC(=O)N1C[C@@H]2C[C@H](C1)c1cc(-c3cccc(N(C)C)c3)cc(=O)n1C2. The first kappa shape index (κ1) is 16.9. The lowest BCUT2D eigenvalue weighted by atomic mass is 9.82. The Labute approximate surface area is 153 Å². The maximum absolute atomic E-state index is 12.8. The Morgan fingerprint density at radius 3 is 2.62 bits per heavy atom. The first-order valence-electron chi connectivity index (χ1n) is 9.20. The van der Waals surface area contributed by atoms with Crippen molar-refractivity contribution in [3.05, 3.63) is 52.4 Å². The zero-order chi connectivity index (χ0) is 18.4. The maximum atomic E-state index is 12.8. The van der Waals surface area contributed by atoms with Crippen LogP contribution < -0.4 is 10.5 Å². The highest BCUT2D eigenvalue weighted by molar-refractivity contribution is 5.73. The molecule has 0 unspecified atom stereocenters. The van der Waals surface area contributed by atoms with Crippen molar-refractivity contribution in [1.82, 2.24) is 9.47 Å². The van der Waals surface area contributed by atoms with Crippen LogP contribution in [0.4, 0.5) is 5.69 Å². The van der Waals surface area contributed by atoms with Gasteiger partial charge in [0.2, 0.25) is 5.91 Å². The Balaban J connectivity index is 1.77. The molecule has 26 heavy (non-hydrogen) atoms. The maximum Gasteiger partial charge on any atom is 0.251 e. The minimum atomic E-state index is 0.0683. The molecular formula is C21H25N3O2. The summed E-state index contributed by atoms with van der Waals surface area (Å²) in [7, 11) is 4.03. The summed E-state index contributed by atoms with van der Waals surface area (Å²) in [4.78, 5) is 28.6. The number of fused-ring (bicyclic) bond motifs is 4. The van der Waals surface area contributed by atoms with Gasteiger partial charge in [-0.25, -0.2) is 0 Å². The van der Waals surface area contributed by atoms with Crippen LogP contribution in [0.15, 0.2) is 41.2 Å². The van der Waals surface area contributed by atoms with E-state index < -0.39 is 0 Å². The van der Waals surface area contributed by atoms with Gasteiger partial charge in [0, 0.05) is 64.0 Å². The smallest absolute Gasteiger partial charge is 0.251 e. The van der Waals surface area contributed by atoms with E-state index in [0.717, 1.165) is 35.5 Å². The Morgan fingerprint density at radius 2 is 1.88 bits per heavy atom. The van der Waals surface area contributed by atoms with Crippen LogP contribution >= 0.6 is 0 Å². The van der Waals surface area contributed by atoms with Crippen LogP contribution in [0.25, 0.3) is 11.1 Å². The molecule has 136 valence electrons. The molecule has 2 atom stereocenters. The summed E-state index contributed by atoms with van der Waals surface area (Å²) in [6.45, 7) is 3.83. The van der Waals surface area contributed by atoms with Crippen molar-refractivity contribution in [2.75, 3.05) is 32.1 Å². The lowest BCUT2D eigenvalue weighted by Crippen LogP contribution is -2.48. The number of aromatic nitrogens is 1. The van der Waals surface area contributed by atoms with Gasteiger partial charge >= 0.3 is 0 Å². The Morgan fingerprint density at radius 1 is 1.08 bits per heavy atom. The highest BCUT2D eigenvalue weighted by Crippen LogP contribution is 2.36. The molecule has 1 saturated heterocycles. The largest absolute Gasteiger partial charge is 0.378 e. The zero-order valence-electron chi connectivity index (χ0n) is 15.6. The summed E-state index contributed by atoms with van der Waals surface area (Å²) in [5.74, 6) is 0.757. The number of rotatable bonds is 2. The van der Waals surface area contributed by atoms with E-state index in [1.54, 1.807) is 13.0 Å². The van der Waals surface area contributed by atoms with Crippen molar-refractivity contribution in [3.63, 3.8) is 0 Å². The summed E-state index contributed by atoms with van der Waals surface area (Å²) >= 11 is 0. The molecule has 1 fully saturated rings. The van der Waals surface area contributed by atoms with Crippen LogP contribution in [0.3, 0.4) is 0 Å². The van der Waals surface area contributed by atoms with Gasteiger partial charge in [0.05, 0.1) is 0 Å². The predicted octanol–water partition coefficient (Wildman–Crippen LogP) is 2.55. The lowest BCUT2D eigenvalue weighted by molar-refractivity contribution is -0.131. The topological polar surface area (TPSA) is 45.6 Å². The molecule has 1 aromatic carbocycles. The third-order valence-corrected chi connectivity index (χ3v) is 5.70. The second kappa shape index (κ2) is 6.31. The summed E-state index contributed by atoms with van der Waals surface area (Å²) in [5.41, 5.74) is 4.27. The van der Waals surface area contributed by atoms with Gasteiger partial charge in [0.25, 0.3) is 5.56 Å². The number of carbonyl (C=O) groups excluding carboxylic acids is 1. The Bertz CT molecular complexity index is 916. The van der Waals surface area contributed by atoms with Crippen LogP contribution in [0, 0.1) is 5.92 Å². The van der Waals surface area contributed by atoms with Gasteiger partial charge in [0.1, 0.15) is 0 Å². The fraction of sp³-hybridized carbons (Fsp3) is 0.429. The molecule has 5 heteroatoms. The molecule has 0 spiro atoms. The van der Waals surface area contributed by atoms with E-state index in [2.05, 4.69) is 23.1 Å². The molecule has 1 amide bonds. The van der Waals surface area contributed by atoms with Crippen molar-refractivity contribution >= 4 is 11.6 Å². The number of amides is 1. The van der Waals surface area contributed by atoms with E-state index in [1.807, 2.05) is 35.7 Å². The molecule has 2 aliphatic rings. The van der Waals surface area contributed by atoms with Crippen LogP contribution in [0.1, 0.15) is 25.0 Å². The van der Waals surface area contributed by atoms with E-state index in [-0.39, 0.29) is 17.4 Å². The number of hydrogen-bond donors (Lipinski definition) is 0. The van der Waals surface area contributed by atoms with Gasteiger partial charge in [-0.3, -0.25) is 9.59 Å². The van der Waals surface area contributed by atoms with Gasteiger partial charge in [-0.05, 0) is 41.7 Å². The molecule has 3 heterocycles. The van der Waals surface area contributed by atoms with Crippen LogP contribution in [0.5, 0.6) is 0 Å². The van der Waals surface area contributed by atoms with Gasteiger partial charge in [-0.1, -0.05) is 12.1 Å². The highest BCUT2D eigenvalue weighted by Gasteiger charge is 2.35. The third kappa shape index (κ3) is 2.91. The second-order valence-electron chi connectivity index (χ2n) is 7.79. The van der Waals surface area contributed by atoms with Crippen LogP contribution in [0.2, 0.25) is 0 Å². The number of hydrogen-bond acceptors (Lipinski definition) is 3. The van der Waals surface area contributed by atoms with Gasteiger partial charge < -0.3 is 14.4 Å². The monoisotopic (exact) mass is 351 g/mol. The van der Waals surface area contributed by atoms with E-state index in [1.165, 1.54) is 0 Å². The van der Waals surface area contributed by atoms with Crippen molar-refractivity contribution in [2.24, 2.45) is 5.92 Å². The van der Waals surface area contributed by atoms with E-state index in [4.69, 9.17) is 0 Å². The molecule has 0 saturated carbocycles. The minimum Gasteiger partial charge on any atom is -0.378 e. The number of piperidine rings is 1. The van der Waals surface area contributed by atoms with Gasteiger partial charge in [-0.2, -0.15) is 0 Å². The molecule has 1 aromatic heterocycles. The summed E-state index contributed by atoms with van der Waals surface area (Å²) in [5, 5.41) is 0. The van der Waals surface area contributed by atoms with Crippen molar-refractivity contribution in [3.8, 4) is 11.1 Å². The quantitative estimate of drug-likeness (QED) is 0.835. The summed E-state index contributed by atoms with van der Waals surface area (Å²) < 4.78 is 1.93. The molecule has 5 nitrogen and oxygen atoms in total. The van der Waals surface area contributed by atoms with E-state index in [0.29, 0.717) is 19.0 Å². The second-order valence-corrected chi connectivity index (χ2v) is 7.79. The lowest BCUT2D eigenvalue weighted by Gasteiger charge is -2.42. The number of carbonyl (C=O) groups is 1. The molecular weight excluding hydrogens is 326 g/mol. The van der Waals surface area contributed by atoms with Gasteiger partial charge in [-0.15, -0.1) is 0 Å². The molecule has 0 aliphatic carbocycles. The molecule has 4 rings (SSSR count). The first-order chi connectivity index (χ1) is 12.4. The Hall–Kier alpha value is -2.56. The third-order valence-electron chi connectivity index (χ3n) is 5.70. The van der Waals surface area contributed by atoms with E-state index >= 15 is 0 Å². The first-order valence-corrected chi connectivity index (χ1v) is 9.20. The zero-order valence-corrected chi connectivity index (χ0v) is 15.6. The predicted molar refractivity (Wildman–Crippen MR) is 104 cm³/mol. The molecule has 2 aliphatic heterocycles. The molecule has 2 bridgehead atoms. The number of nitrogens with zero attached hydrogens (tertiary/aromatic N) is 3. The highest BCUT2D eigenvalue weighted by atomic mass is 16.2. The standard InChI is InChI=1S/C21H25N3O2/c1-14(25)23-11-15-7-18(13-23)20-9-17(10-21(26)24(20)12-15)16-5-4-6-19(8-16)22(2)3/h4-6,8-10,15,18H,7,11-13H2,1-3H3/t15-,18+/m0/s1.